The summed E-state index contributed by atoms with van der Waals surface area (Å²) in [5.41, 5.74) is 3.93. The highest BCUT2D eigenvalue weighted by Crippen LogP contribution is 2.52. The highest BCUT2D eigenvalue weighted by molar-refractivity contribution is 9.15. The van der Waals surface area contributed by atoms with E-state index in [1.807, 2.05) is 24.3 Å². The molecule has 0 N–H and O–H groups in total. The first kappa shape index (κ1) is 23.8. The third-order valence-corrected chi connectivity index (χ3v) is 6.91. The number of ether oxygens (including phenoxy) is 1. The average Bonchev–Trinajstić information content (AvgIpc) is 2.69. The molecule has 0 fully saturated rings. The third kappa shape index (κ3) is 4.67. The number of hydrogen-bond acceptors (Lipinski definition) is 5. The second kappa shape index (κ2) is 8.48. The van der Waals surface area contributed by atoms with E-state index in [0.29, 0.717) is 0 Å². The molecular formula is C22H14Br3ClO6. The standard InChI is InChI=1S/C22H14Br3O2.ClHO4/c1-22(2)15-9-11-7-13(23)3-5-17(11)26-20(15)19(25)21-16(22)10-12-8-14(24)4-6-18(12)27-21;2-1(3,4)5/h3-10H,1-2H3;(H,2,3,4,5)/q+1;/p-1. The van der Waals surface area contributed by atoms with E-state index in [-0.39, 0.29) is 5.41 Å². The number of allylic oxidation sites excluding steroid dienone is 1. The quantitative estimate of drug-likeness (QED) is 0.346. The molecule has 0 saturated heterocycles. The van der Waals surface area contributed by atoms with Crippen molar-refractivity contribution in [3.63, 3.8) is 0 Å². The van der Waals surface area contributed by atoms with Crippen molar-refractivity contribution in [2.24, 2.45) is 0 Å². The second-order valence-corrected chi connectivity index (χ2v) is 11.0. The highest BCUT2D eigenvalue weighted by atomic mass is 79.9. The van der Waals surface area contributed by atoms with E-state index in [0.717, 1.165) is 58.4 Å². The van der Waals surface area contributed by atoms with Gasteiger partial charge in [-0.1, -0.05) is 45.7 Å². The first-order chi connectivity index (χ1) is 14.8. The molecule has 0 atom stereocenters. The predicted octanol–water partition coefficient (Wildman–Crippen LogP) is 3.31. The largest absolute Gasteiger partial charge is 0.455 e. The van der Waals surface area contributed by atoms with Crippen molar-refractivity contribution in [3.8, 4) is 5.75 Å². The zero-order chi connectivity index (χ0) is 23.4. The Balaban J connectivity index is 0.000000444. The minimum Gasteiger partial charge on any atom is -0.455 e. The maximum Gasteiger partial charge on any atom is 0.375 e. The fourth-order valence-electron chi connectivity index (χ4n) is 3.72. The summed E-state index contributed by atoms with van der Waals surface area (Å²) in [5, 5.41) is 1.07. The summed E-state index contributed by atoms with van der Waals surface area (Å²) in [4.78, 5) is 0. The van der Waals surface area contributed by atoms with Gasteiger partial charge in [0.25, 0.3) is 0 Å². The molecule has 166 valence electrons. The fourth-order valence-corrected chi connectivity index (χ4v) is 5.07. The van der Waals surface area contributed by atoms with Crippen LogP contribution in [0.2, 0.25) is 0 Å². The van der Waals surface area contributed by atoms with Crippen molar-refractivity contribution >= 4 is 69.3 Å². The van der Waals surface area contributed by atoms with Crippen LogP contribution in [0.15, 0.2) is 67.2 Å². The minimum absolute atomic E-state index is 0.262. The summed E-state index contributed by atoms with van der Waals surface area (Å²) >= 11 is 10.9. The van der Waals surface area contributed by atoms with Gasteiger partial charge in [-0.05, 0) is 58.4 Å². The lowest BCUT2D eigenvalue weighted by Gasteiger charge is -2.35. The topological polar surface area (TPSA) is 113 Å². The van der Waals surface area contributed by atoms with Gasteiger partial charge in [-0.3, -0.25) is 0 Å². The summed E-state index contributed by atoms with van der Waals surface area (Å²) in [7, 11) is -4.94. The number of benzene rings is 2. The maximum absolute atomic E-state index is 8.49. The summed E-state index contributed by atoms with van der Waals surface area (Å²) in [6, 6.07) is 14.3. The summed E-state index contributed by atoms with van der Waals surface area (Å²) in [5.74, 6) is 2.49. The monoisotopic (exact) mass is 646 g/mol. The number of hydrogen-bond donors (Lipinski definition) is 0. The first-order valence-corrected chi connectivity index (χ1v) is 12.7. The second-order valence-electron chi connectivity index (χ2n) is 7.66. The molecule has 10 heteroatoms. The van der Waals surface area contributed by atoms with Gasteiger partial charge in [-0.15, -0.1) is 10.2 Å². The molecule has 0 radical (unpaired) electrons. The zero-order valence-electron chi connectivity index (χ0n) is 16.6. The van der Waals surface area contributed by atoms with Crippen molar-refractivity contribution in [2.45, 2.75) is 19.3 Å². The van der Waals surface area contributed by atoms with Crippen LogP contribution in [-0.4, -0.2) is 0 Å². The van der Waals surface area contributed by atoms with Crippen molar-refractivity contribution < 1.29 is 38.0 Å². The molecule has 0 saturated carbocycles. The van der Waals surface area contributed by atoms with E-state index in [1.54, 1.807) is 0 Å². The number of fused-ring (bicyclic) bond motifs is 4. The van der Waals surface area contributed by atoms with Gasteiger partial charge in [-0.2, -0.15) is 0 Å². The molecule has 0 bridgehead atoms. The van der Waals surface area contributed by atoms with E-state index in [9.17, 15) is 0 Å². The van der Waals surface area contributed by atoms with E-state index < -0.39 is 10.2 Å². The molecule has 1 aromatic heterocycles. The van der Waals surface area contributed by atoms with Gasteiger partial charge in [0, 0.05) is 31.6 Å². The Morgan fingerprint density at radius 1 is 0.906 bits per heavy atom. The number of halogens is 4. The van der Waals surface area contributed by atoms with E-state index >= 15 is 0 Å². The lowest BCUT2D eigenvalue weighted by molar-refractivity contribution is -2.00. The van der Waals surface area contributed by atoms with Gasteiger partial charge in [0.15, 0.2) is 10.2 Å². The van der Waals surface area contributed by atoms with Crippen LogP contribution in [-0.2, 0) is 5.41 Å². The lowest BCUT2D eigenvalue weighted by atomic mass is 9.72. The average molecular weight is 650 g/mol. The molecule has 2 aliphatic rings. The van der Waals surface area contributed by atoms with E-state index in [1.165, 1.54) is 0 Å². The smallest absolute Gasteiger partial charge is 0.375 e. The normalized spacial score (nSPS) is 16.2. The minimum atomic E-state index is -4.94. The van der Waals surface area contributed by atoms with Gasteiger partial charge < -0.3 is 4.74 Å². The highest BCUT2D eigenvalue weighted by Gasteiger charge is 2.46. The van der Waals surface area contributed by atoms with Crippen LogP contribution in [0.25, 0.3) is 21.5 Å². The Bertz CT molecular complexity index is 1300. The first-order valence-electron chi connectivity index (χ1n) is 9.13. The van der Waals surface area contributed by atoms with Crippen LogP contribution in [0.5, 0.6) is 5.75 Å². The predicted molar refractivity (Wildman–Crippen MR) is 120 cm³/mol. The van der Waals surface area contributed by atoms with Crippen LogP contribution < -0.4 is 23.4 Å². The fraction of sp³-hybridized carbons (Fsp3) is 0.136. The molecule has 1 aliphatic heterocycles. The SMILES string of the molecule is CC1(C)C2=Cc3cc(Br)ccc3OC2=C(Br)c2[o+]c3ccc(Br)cc3cc21.[O-][Cl+3]([O-])([O-])[O-]. The molecule has 1 aliphatic carbocycles. The molecule has 3 aromatic rings. The van der Waals surface area contributed by atoms with E-state index in [4.69, 9.17) is 27.8 Å². The maximum atomic E-state index is 8.49. The van der Waals surface area contributed by atoms with Gasteiger partial charge in [-0.25, -0.2) is 23.1 Å². The lowest BCUT2D eigenvalue weighted by Crippen LogP contribution is -2.68. The van der Waals surface area contributed by atoms with Crippen molar-refractivity contribution in [2.75, 3.05) is 0 Å². The van der Waals surface area contributed by atoms with Crippen LogP contribution in [0.3, 0.4) is 0 Å². The van der Waals surface area contributed by atoms with Crippen LogP contribution in [0.4, 0.5) is 0 Å². The van der Waals surface area contributed by atoms with Gasteiger partial charge in [0.2, 0.25) is 0 Å². The Kier molecular flexibility index (Phi) is 6.32. The third-order valence-electron chi connectivity index (χ3n) is 5.20. The van der Waals surface area contributed by atoms with E-state index in [2.05, 4.69) is 85.9 Å². The molecule has 32 heavy (non-hydrogen) atoms. The molecule has 0 spiro atoms. The summed E-state index contributed by atoms with van der Waals surface area (Å²) < 4.78 is 49.5. The van der Waals surface area contributed by atoms with Gasteiger partial charge in [0.1, 0.15) is 5.75 Å². The Morgan fingerprint density at radius 3 is 2.22 bits per heavy atom. The number of rotatable bonds is 0. The molecule has 5 rings (SSSR count). The van der Waals surface area contributed by atoms with Crippen molar-refractivity contribution in [1.82, 2.24) is 0 Å². The Morgan fingerprint density at radius 2 is 1.53 bits per heavy atom. The molecule has 2 aromatic carbocycles. The van der Waals surface area contributed by atoms with Crippen molar-refractivity contribution in [1.29, 1.82) is 0 Å². The Labute approximate surface area is 210 Å². The molecule has 0 amide bonds. The van der Waals surface area contributed by atoms with Crippen LogP contribution in [0, 0.1) is 10.2 Å². The summed E-state index contributed by atoms with van der Waals surface area (Å²) in [6.07, 6.45) is 2.22. The van der Waals surface area contributed by atoms with Crippen LogP contribution in [0.1, 0.15) is 30.7 Å². The molecule has 2 heterocycles. The zero-order valence-corrected chi connectivity index (χ0v) is 22.1. The Hall–Kier alpha value is -1.30. The molecule has 0 unspecified atom stereocenters. The summed E-state index contributed by atoms with van der Waals surface area (Å²) in [6.45, 7) is 4.42. The van der Waals surface area contributed by atoms with Gasteiger partial charge in [0.05, 0.1) is 10.9 Å². The van der Waals surface area contributed by atoms with Crippen LogP contribution >= 0.6 is 47.8 Å². The molecule has 6 nitrogen and oxygen atoms in total. The van der Waals surface area contributed by atoms with Crippen molar-refractivity contribution in [3.05, 3.63) is 79.6 Å². The van der Waals surface area contributed by atoms with Gasteiger partial charge >= 0.3 is 11.3 Å². The molecular weight excluding hydrogens is 635 g/mol.